The Morgan fingerprint density at radius 2 is 1.66 bits per heavy atom. The molecule has 32 heavy (non-hydrogen) atoms. The summed E-state index contributed by atoms with van der Waals surface area (Å²) in [6.07, 6.45) is 2.00. The summed E-state index contributed by atoms with van der Waals surface area (Å²) < 4.78 is 14.5. The van der Waals surface area contributed by atoms with Gasteiger partial charge in [0.2, 0.25) is 0 Å². The van der Waals surface area contributed by atoms with Gasteiger partial charge in [0.1, 0.15) is 5.82 Å². The van der Waals surface area contributed by atoms with Gasteiger partial charge in [0.25, 0.3) is 5.91 Å². The van der Waals surface area contributed by atoms with Crippen LogP contribution in [0.4, 0.5) is 10.1 Å². The fourth-order valence-corrected chi connectivity index (χ4v) is 5.69. The first-order chi connectivity index (χ1) is 15.7. The number of nitrogens with zero attached hydrogens (tertiary/aromatic N) is 1. The molecule has 1 aromatic heterocycles. The second-order valence-corrected chi connectivity index (χ2v) is 9.35. The number of thiazole rings is 1. The third-order valence-corrected chi connectivity index (χ3v) is 7.40. The molecule has 1 aliphatic rings. The van der Waals surface area contributed by atoms with Crippen LogP contribution in [0.5, 0.6) is 0 Å². The van der Waals surface area contributed by atoms with E-state index < -0.39 is 0 Å². The molecule has 162 valence electrons. The highest BCUT2D eigenvalue weighted by Crippen LogP contribution is 2.32. The van der Waals surface area contributed by atoms with Gasteiger partial charge in [0.05, 0.1) is 28.3 Å². The molecule has 2 N–H and O–H groups in total. The number of piperidine rings is 1. The monoisotopic (exact) mass is 446 g/mol. The van der Waals surface area contributed by atoms with Crippen LogP contribution in [0.15, 0.2) is 78.9 Å². The number of carbonyl (C=O) groups excluding carboxylic acids is 1. The number of rotatable bonds is 5. The van der Waals surface area contributed by atoms with Crippen LogP contribution < -0.4 is 10.2 Å². The van der Waals surface area contributed by atoms with Crippen molar-refractivity contribution in [3.05, 3.63) is 95.3 Å². The van der Waals surface area contributed by atoms with Crippen LogP contribution in [0.2, 0.25) is 0 Å². The molecule has 1 amide bonds. The molecule has 2 heterocycles. The van der Waals surface area contributed by atoms with Gasteiger partial charge in [-0.3, -0.25) is 4.79 Å². The fourth-order valence-electron chi connectivity index (χ4n) is 4.55. The number of nitrogens with one attached hydrogen (secondary N) is 2. The Morgan fingerprint density at radius 3 is 2.38 bits per heavy atom. The third kappa shape index (κ3) is 4.42. The van der Waals surface area contributed by atoms with Crippen LogP contribution in [0.1, 0.15) is 35.4 Å². The van der Waals surface area contributed by atoms with E-state index in [-0.39, 0.29) is 17.8 Å². The molecule has 0 saturated carbocycles. The second kappa shape index (κ2) is 9.18. The highest BCUT2D eigenvalue weighted by atomic mass is 32.1. The van der Waals surface area contributed by atoms with Gasteiger partial charge in [-0.2, -0.15) is 0 Å². The van der Waals surface area contributed by atoms with Gasteiger partial charge >= 0.3 is 0 Å². The quantitative estimate of drug-likeness (QED) is 0.472. The number of quaternary nitrogens is 1. The molecule has 1 atom stereocenters. The smallest absolute Gasteiger partial charge is 0.287 e. The van der Waals surface area contributed by atoms with Crippen LogP contribution in [-0.2, 0) is 4.79 Å². The zero-order valence-electron chi connectivity index (χ0n) is 17.6. The van der Waals surface area contributed by atoms with E-state index in [4.69, 9.17) is 4.98 Å². The molecule has 0 spiro atoms. The average molecular weight is 447 g/mol. The second-order valence-electron chi connectivity index (χ2n) is 8.29. The summed E-state index contributed by atoms with van der Waals surface area (Å²) in [5.74, 6) is 0.0640. The summed E-state index contributed by atoms with van der Waals surface area (Å²) in [5.41, 5.74) is 2.68. The first-order valence-electron chi connectivity index (χ1n) is 11.0. The van der Waals surface area contributed by atoms with Crippen LogP contribution >= 0.6 is 11.3 Å². The van der Waals surface area contributed by atoms with Crippen LogP contribution in [0.25, 0.3) is 10.2 Å². The highest BCUT2D eigenvalue weighted by molar-refractivity contribution is 7.18. The van der Waals surface area contributed by atoms with Crippen molar-refractivity contribution in [2.24, 2.45) is 0 Å². The summed E-state index contributed by atoms with van der Waals surface area (Å²) >= 11 is 1.79. The van der Waals surface area contributed by atoms with Crippen molar-refractivity contribution in [3.8, 4) is 0 Å². The summed E-state index contributed by atoms with van der Waals surface area (Å²) in [4.78, 5) is 19.4. The fraction of sp³-hybridized carbons (Fsp3) is 0.231. The number of aromatic nitrogens is 1. The predicted octanol–water partition coefficient (Wildman–Crippen LogP) is 4.58. The summed E-state index contributed by atoms with van der Waals surface area (Å²) in [7, 11) is 0. The normalized spacial score (nSPS) is 19.5. The van der Waals surface area contributed by atoms with E-state index in [0.717, 1.165) is 37.0 Å². The first-order valence-corrected chi connectivity index (χ1v) is 11.8. The maximum absolute atomic E-state index is 13.3. The van der Waals surface area contributed by atoms with Crippen molar-refractivity contribution < 1.29 is 14.1 Å². The minimum Gasteiger partial charge on any atom is -0.321 e. The van der Waals surface area contributed by atoms with Crippen molar-refractivity contribution in [1.82, 2.24) is 4.98 Å². The molecule has 0 aliphatic carbocycles. The van der Waals surface area contributed by atoms with E-state index in [9.17, 15) is 9.18 Å². The number of anilines is 1. The summed E-state index contributed by atoms with van der Waals surface area (Å²) in [6.45, 7) is 1.80. The van der Waals surface area contributed by atoms with E-state index >= 15 is 0 Å². The standard InChI is InChI=1S/C26H24FN3OS/c27-20-10-12-21(13-11-20)28-25(31)24(18-6-2-1-3-7-18)30-16-14-19(15-17-30)26-29-22-8-4-5-9-23(22)32-26/h1-13,19,24H,14-17H2,(H,28,31)/p+1/t24-/m1/s1. The number of hydrogen-bond donors (Lipinski definition) is 2. The van der Waals surface area contributed by atoms with Gasteiger partial charge in [0, 0.05) is 30.0 Å². The first kappa shape index (κ1) is 20.8. The maximum Gasteiger partial charge on any atom is 0.287 e. The molecule has 1 aliphatic heterocycles. The zero-order chi connectivity index (χ0) is 21.9. The number of carbonyl (C=O) groups is 1. The van der Waals surface area contributed by atoms with Crippen molar-refractivity contribution in [3.63, 3.8) is 0 Å². The summed E-state index contributed by atoms with van der Waals surface area (Å²) in [5, 5.41) is 4.19. The number of amides is 1. The Morgan fingerprint density at radius 1 is 0.969 bits per heavy atom. The van der Waals surface area contributed by atoms with E-state index in [0.29, 0.717) is 11.6 Å². The van der Waals surface area contributed by atoms with Gasteiger partial charge in [-0.05, 0) is 36.4 Å². The number of benzene rings is 3. The van der Waals surface area contributed by atoms with E-state index in [1.807, 2.05) is 36.4 Å². The Kier molecular flexibility index (Phi) is 5.97. The molecule has 0 bridgehead atoms. The lowest BCUT2D eigenvalue weighted by Crippen LogP contribution is -3.14. The maximum atomic E-state index is 13.3. The predicted molar refractivity (Wildman–Crippen MR) is 127 cm³/mol. The Hall–Kier alpha value is -3.09. The van der Waals surface area contributed by atoms with E-state index in [2.05, 4.69) is 23.5 Å². The van der Waals surface area contributed by atoms with Gasteiger partial charge in [0.15, 0.2) is 6.04 Å². The number of hydrogen-bond acceptors (Lipinski definition) is 3. The van der Waals surface area contributed by atoms with Crippen LogP contribution in [0, 0.1) is 5.82 Å². The SMILES string of the molecule is O=C(Nc1ccc(F)cc1)[C@@H](c1ccccc1)[NH+]1CCC(c2nc3ccccc3s2)CC1. The van der Waals surface area contributed by atoms with Crippen molar-refractivity contribution in [2.75, 3.05) is 18.4 Å². The minimum atomic E-state index is -0.315. The summed E-state index contributed by atoms with van der Waals surface area (Å²) in [6, 6.07) is 23.9. The molecule has 1 fully saturated rings. The lowest BCUT2D eigenvalue weighted by Gasteiger charge is -2.33. The van der Waals surface area contributed by atoms with Gasteiger partial charge in [-0.25, -0.2) is 9.37 Å². The average Bonchev–Trinajstić information content (AvgIpc) is 3.26. The molecule has 5 rings (SSSR count). The highest BCUT2D eigenvalue weighted by Gasteiger charge is 2.36. The van der Waals surface area contributed by atoms with Gasteiger partial charge < -0.3 is 10.2 Å². The Labute approximate surface area is 190 Å². The molecular formula is C26H25FN3OS+. The molecule has 0 unspecified atom stereocenters. The van der Waals surface area contributed by atoms with Crippen LogP contribution in [0.3, 0.4) is 0 Å². The molecule has 3 aromatic carbocycles. The van der Waals surface area contributed by atoms with Crippen molar-refractivity contribution in [1.29, 1.82) is 0 Å². The third-order valence-electron chi connectivity index (χ3n) is 6.20. The van der Waals surface area contributed by atoms with Crippen molar-refractivity contribution in [2.45, 2.75) is 24.8 Å². The van der Waals surface area contributed by atoms with E-state index in [1.165, 1.54) is 26.7 Å². The lowest BCUT2D eigenvalue weighted by atomic mass is 9.94. The molecule has 1 saturated heterocycles. The van der Waals surface area contributed by atoms with E-state index in [1.54, 1.807) is 23.5 Å². The Bertz CT molecular complexity index is 1170. The molecule has 4 nitrogen and oxygen atoms in total. The number of fused-ring (bicyclic) bond motifs is 1. The van der Waals surface area contributed by atoms with Gasteiger partial charge in [-0.1, -0.05) is 42.5 Å². The topological polar surface area (TPSA) is 46.4 Å². The minimum absolute atomic E-state index is 0.0590. The largest absolute Gasteiger partial charge is 0.321 e. The molecule has 6 heteroatoms. The number of halogens is 1. The molecule has 0 radical (unpaired) electrons. The van der Waals surface area contributed by atoms with Gasteiger partial charge in [-0.15, -0.1) is 11.3 Å². The molecular weight excluding hydrogens is 421 g/mol. The lowest BCUT2D eigenvalue weighted by molar-refractivity contribution is -0.926. The number of para-hydroxylation sites is 1. The van der Waals surface area contributed by atoms with Crippen molar-refractivity contribution >= 4 is 33.1 Å². The molecule has 4 aromatic rings. The zero-order valence-corrected chi connectivity index (χ0v) is 18.4. The Balaban J connectivity index is 1.33. The number of likely N-dealkylation sites (tertiary alicyclic amines) is 1. The van der Waals surface area contributed by atoms with Crippen LogP contribution in [-0.4, -0.2) is 24.0 Å².